The largest absolute Gasteiger partial charge is 0.488 e. The van der Waals surface area contributed by atoms with Gasteiger partial charge < -0.3 is 10.5 Å². The highest BCUT2D eigenvalue weighted by atomic mass is 16.5. The summed E-state index contributed by atoms with van der Waals surface area (Å²) in [5.74, 6) is 0.981. The number of benzene rings is 2. The van der Waals surface area contributed by atoms with Crippen molar-refractivity contribution in [2.75, 3.05) is 0 Å². The number of aryl methyl sites for hydroxylation is 2. The molecule has 2 N–H and O–H groups in total. The van der Waals surface area contributed by atoms with E-state index >= 15 is 0 Å². The van der Waals surface area contributed by atoms with Gasteiger partial charge in [-0.15, -0.1) is 0 Å². The van der Waals surface area contributed by atoms with Crippen molar-refractivity contribution in [3.63, 3.8) is 0 Å². The van der Waals surface area contributed by atoms with E-state index in [9.17, 15) is 0 Å². The van der Waals surface area contributed by atoms with Crippen molar-refractivity contribution in [1.29, 1.82) is 0 Å². The van der Waals surface area contributed by atoms with Crippen LogP contribution in [0.15, 0.2) is 42.5 Å². The van der Waals surface area contributed by atoms with E-state index in [0.29, 0.717) is 6.61 Å². The standard InChI is InChI=1S/C19H25NO/c1-4-16-8-10-17(11-9-16)13-21-19-14(2)6-5-7-18(19)12-15(3)20/h5-11,15H,4,12-13,20H2,1-3H3. The highest BCUT2D eigenvalue weighted by molar-refractivity contribution is 5.41. The lowest BCUT2D eigenvalue weighted by Crippen LogP contribution is -2.18. The fourth-order valence-corrected chi connectivity index (χ4v) is 2.45. The number of ether oxygens (including phenoxy) is 1. The molecule has 0 aromatic heterocycles. The summed E-state index contributed by atoms with van der Waals surface area (Å²) in [5.41, 5.74) is 10.8. The molecule has 2 nitrogen and oxygen atoms in total. The third-order valence-corrected chi connectivity index (χ3v) is 3.65. The highest BCUT2D eigenvalue weighted by Crippen LogP contribution is 2.25. The minimum absolute atomic E-state index is 0.137. The molecule has 0 aliphatic rings. The van der Waals surface area contributed by atoms with E-state index in [0.717, 1.165) is 18.6 Å². The third-order valence-electron chi connectivity index (χ3n) is 3.65. The lowest BCUT2D eigenvalue weighted by Gasteiger charge is -2.15. The van der Waals surface area contributed by atoms with Crippen LogP contribution in [0.2, 0.25) is 0 Å². The van der Waals surface area contributed by atoms with Gasteiger partial charge in [0.25, 0.3) is 0 Å². The molecule has 0 aliphatic carbocycles. The first-order chi connectivity index (χ1) is 10.1. The van der Waals surface area contributed by atoms with E-state index in [1.165, 1.54) is 22.3 Å². The monoisotopic (exact) mass is 283 g/mol. The molecule has 0 amide bonds. The smallest absolute Gasteiger partial charge is 0.125 e. The van der Waals surface area contributed by atoms with Crippen LogP contribution in [0.1, 0.15) is 36.1 Å². The van der Waals surface area contributed by atoms with Gasteiger partial charge in [-0.25, -0.2) is 0 Å². The molecular formula is C19H25NO. The quantitative estimate of drug-likeness (QED) is 0.869. The Hall–Kier alpha value is -1.80. The van der Waals surface area contributed by atoms with Gasteiger partial charge in [0.15, 0.2) is 0 Å². The van der Waals surface area contributed by atoms with Crippen LogP contribution in [0.4, 0.5) is 0 Å². The normalized spacial score (nSPS) is 12.2. The number of rotatable bonds is 6. The Bertz CT molecular complexity index is 573. The predicted octanol–water partition coefficient (Wildman–Crippen LogP) is 4.03. The zero-order valence-electron chi connectivity index (χ0n) is 13.2. The van der Waals surface area contributed by atoms with Crippen LogP contribution in [0, 0.1) is 6.92 Å². The van der Waals surface area contributed by atoms with Crippen molar-refractivity contribution in [1.82, 2.24) is 0 Å². The summed E-state index contributed by atoms with van der Waals surface area (Å²) in [5, 5.41) is 0. The van der Waals surface area contributed by atoms with Crippen LogP contribution >= 0.6 is 0 Å². The summed E-state index contributed by atoms with van der Waals surface area (Å²) >= 11 is 0. The van der Waals surface area contributed by atoms with E-state index in [1.54, 1.807) is 0 Å². The average molecular weight is 283 g/mol. The molecule has 112 valence electrons. The first-order valence-corrected chi connectivity index (χ1v) is 7.64. The highest BCUT2D eigenvalue weighted by Gasteiger charge is 2.09. The first kappa shape index (κ1) is 15.6. The molecule has 1 unspecified atom stereocenters. The second-order valence-electron chi connectivity index (χ2n) is 5.70. The SMILES string of the molecule is CCc1ccc(COc2c(C)cccc2CC(C)N)cc1. The van der Waals surface area contributed by atoms with Crippen LogP contribution in [0.25, 0.3) is 0 Å². The molecule has 1 atom stereocenters. The molecular weight excluding hydrogens is 258 g/mol. The summed E-state index contributed by atoms with van der Waals surface area (Å²) in [7, 11) is 0. The second-order valence-corrected chi connectivity index (χ2v) is 5.70. The maximum Gasteiger partial charge on any atom is 0.125 e. The fraction of sp³-hybridized carbons (Fsp3) is 0.368. The molecule has 0 radical (unpaired) electrons. The minimum Gasteiger partial charge on any atom is -0.488 e. The zero-order valence-corrected chi connectivity index (χ0v) is 13.2. The van der Waals surface area contributed by atoms with Crippen LogP contribution in [-0.2, 0) is 19.4 Å². The molecule has 2 aromatic carbocycles. The van der Waals surface area contributed by atoms with Crippen molar-refractivity contribution in [3.8, 4) is 5.75 Å². The summed E-state index contributed by atoms with van der Waals surface area (Å²) in [6.45, 7) is 6.87. The van der Waals surface area contributed by atoms with Crippen molar-refractivity contribution in [3.05, 3.63) is 64.7 Å². The Morgan fingerprint density at radius 2 is 1.71 bits per heavy atom. The van der Waals surface area contributed by atoms with Crippen molar-refractivity contribution < 1.29 is 4.74 Å². The lowest BCUT2D eigenvalue weighted by atomic mass is 10.0. The number of hydrogen-bond donors (Lipinski definition) is 1. The van der Waals surface area contributed by atoms with Gasteiger partial charge in [-0.2, -0.15) is 0 Å². The van der Waals surface area contributed by atoms with Gasteiger partial charge in [-0.3, -0.25) is 0 Å². The number of para-hydroxylation sites is 1. The molecule has 0 fully saturated rings. The van der Waals surface area contributed by atoms with Crippen LogP contribution in [0.3, 0.4) is 0 Å². The van der Waals surface area contributed by atoms with E-state index in [-0.39, 0.29) is 6.04 Å². The Labute approximate surface area is 127 Å². The van der Waals surface area contributed by atoms with Gasteiger partial charge in [0.05, 0.1) is 0 Å². The van der Waals surface area contributed by atoms with Crippen molar-refractivity contribution in [2.45, 2.75) is 46.3 Å². The van der Waals surface area contributed by atoms with Gasteiger partial charge in [0.1, 0.15) is 12.4 Å². The molecule has 0 spiro atoms. The van der Waals surface area contributed by atoms with Gasteiger partial charge in [-0.1, -0.05) is 49.4 Å². The van der Waals surface area contributed by atoms with Crippen molar-refractivity contribution >= 4 is 0 Å². The van der Waals surface area contributed by atoms with Gasteiger partial charge in [-0.05, 0) is 48.9 Å². The van der Waals surface area contributed by atoms with Crippen LogP contribution in [-0.4, -0.2) is 6.04 Å². The maximum atomic E-state index is 6.07. The van der Waals surface area contributed by atoms with Crippen LogP contribution in [0.5, 0.6) is 5.75 Å². The molecule has 0 bridgehead atoms. The number of nitrogens with two attached hydrogens (primary N) is 1. The molecule has 0 heterocycles. The third kappa shape index (κ3) is 4.33. The Balaban J connectivity index is 2.11. The summed E-state index contributed by atoms with van der Waals surface area (Å²) in [4.78, 5) is 0. The van der Waals surface area contributed by atoms with Crippen molar-refractivity contribution in [2.24, 2.45) is 5.73 Å². The molecule has 0 saturated carbocycles. The average Bonchev–Trinajstić information content (AvgIpc) is 2.46. The second kappa shape index (κ2) is 7.28. The first-order valence-electron chi connectivity index (χ1n) is 7.64. The molecule has 2 heteroatoms. The zero-order chi connectivity index (χ0) is 15.2. The van der Waals surface area contributed by atoms with E-state index < -0.39 is 0 Å². The fourth-order valence-electron chi connectivity index (χ4n) is 2.45. The number of hydrogen-bond acceptors (Lipinski definition) is 2. The molecule has 21 heavy (non-hydrogen) atoms. The van der Waals surface area contributed by atoms with E-state index in [1.807, 2.05) is 6.92 Å². The Morgan fingerprint density at radius 3 is 2.33 bits per heavy atom. The summed E-state index contributed by atoms with van der Waals surface area (Å²) < 4.78 is 6.07. The molecule has 2 aromatic rings. The summed E-state index contributed by atoms with van der Waals surface area (Å²) in [6, 6.07) is 15.0. The van der Waals surface area contributed by atoms with Crippen LogP contribution < -0.4 is 10.5 Å². The Kier molecular flexibility index (Phi) is 5.40. The predicted molar refractivity (Wildman–Crippen MR) is 88.7 cm³/mol. The molecule has 0 saturated heterocycles. The Morgan fingerprint density at radius 1 is 1.05 bits per heavy atom. The topological polar surface area (TPSA) is 35.2 Å². The van der Waals surface area contributed by atoms with E-state index in [4.69, 9.17) is 10.5 Å². The van der Waals surface area contributed by atoms with E-state index in [2.05, 4.69) is 56.3 Å². The minimum atomic E-state index is 0.137. The van der Waals surface area contributed by atoms with Gasteiger partial charge in [0.2, 0.25) is 0 Å². The molecule has 0 aliphatic heterocycles. The molecule has 2 rings (SSSR count). The summed E-state index contributed by atoms with van der Waals surface area (Å²) in [6.07, 6.45) is 1.91. The van der Waals surface area contributed by atoms with Gasteiger partial charge >= 0.3 is 0 Å². The van der Waals surface area contributed by atoms with Gasteiger partial charge in [0, 0.05) is 6.04 Å². The lowest BCUT2D eigenvalue weighted by molar-refractivity contribution is 0.300. The maximum absolute atomic E-state index is 6.07.